The van der Waals surface area contributed by atoms with Crippen molar-refractivity contribution in [1.82, 2.24) is 25.3 Å². The van der Waals surface area contributed by atoms with E-state index in [1.807, 2.05) is 0 Å². The van der Waals surface area contributed by atoms with Crippen molar-refractivity contribution in [3.63, 3.8) is 0 Å². The van der Waals surface area contributed by atoms with Crippen molar-refractivity contribution in [3.8, 4) is 0 Å². The van der Waals surface area contributed by atoms with Crippen LogP contribution in [0.25, 0.3) is 0 Å². The van der Waals surface area contributed by atoms with Crippen LogP contribution in [-0.4, -0.2) is 25.9 Å². The Labute approximate surface area is 125 Å². The maximum Gasteiger partial charge on any atom is 0.272 e. The van der Waals surface area contributed by atoms with Gasteiger partial charge in [0.1, 0.15) is 21.6 Å². The summed E-state index contributed by atoms with van der Waals surface area (Å²) in [7, 11) is 1.69. The molecular formula is C12H13Cl2N5O. The number of aromatic nitrogens is 4. The highest BCUT2D eigenvalue weighted by Crippen LogP contribution is 2.38. The van der Waals surface area contributed by atoms with Gasteiger partial charge in [0.25, 0.3) is 5.91 Å². The Bertz CT molecular complexity index is 659. The molecule has 0 saturated heterocycles. The van der Waals surface area contributed by atoms with E-state index in [4.69, 9.17) is 23.2 Å². The molecule has 0 spiro atoms. The molecule has 0 unspecified atom stereocenters. The van der Waals surface area contributed by atoms with Crippen LogP contribution in [0.15, 0.2) is 6.07 Å². The van der Waals surface area contributed by atoms with Gasteiger partial charge in [-0.15, -0.1) is 0 Å². The van der Waals surface area contributed by atoms with E-state index in [9.17, 15) is 4.79 Å². The Hall–Kier alpha value is -1.53. The number of nitrogens with one attached hydrogen (secondary N) is 2. The zero-order valence-corrected chi connectivity index (χ0v) is 12.3. The summed E-state index contributed by atoms with van der Waals surface area (Å²) in [6.45, 7) is 0.212. The molecule has 2 aromatic rings. The summed E-state index contributed by atoms with van der Waals surface area (Å²) < 4.78 is 1.46. The van der Waals surface area contributed by atoms with Gasteiger partial charge < -0.3 is 5.32 Å². The number of hydrogen-bond donors (Lipinski definition) is 2. The van der Waals surface area contributed by atoms with Gasteiger partial charge in [0.15, 0.2) is 0 Å². The number of nitrogens with zero attached hydrogens (tertiary/aromatic N) is 3. The lowest BCUT2D eigenvalue weighted by Gasteiger charge is -2.00. The van der Waals surface area contributed by atoms with Gasteiger partial charge in [-0.3, -0.25) is 14.6 Å². The van der Waals surface area contributed by atoms with Gasteiger partial charge in [-0.1, -0.05) is 23.2 Å². The van der Waals surface area contributed by atoms with Crippen molar-refractivity contribution in [1.29, 1.82) is 0 Å². The number of aryl methyl sites for hydroxylation is 1. The number of carbonyl (C=O) groups is 1. The van der Waals surface area contributed by atoms with E-state index in [-0.39, 0.29) is 12.5 Å². The van der Waals surface area contributed by atoms with Crippen LogP contribution in [0, 0.1) is 0 Å². The lowest BCUT2D eigenvalue weighted by atomic mass is 10.2. The SMILES string of the molecule is Cn1nc(CNC(=O)c2cc(C3CC3)[nH]n2)c(Cl)c1Cl. The Morgan fingerprint density at radius 3 is 2.90 bits per heavy atom. The molecule has 8 heteroatoms. The fourth-order valence-electron chi connectivity index (χ4n) is 1.95. The first-order valence-corrected chi connectivity index (χ1v) is 7.02. The van der Waals surface area contributed by atoms with Gasteiger partial charge in [-0.05, 0) is 18.9 Å². The molecule has 0 aliphatic heterocycles. The number of halogens is 2. The molecule has 3 rings (SSSR count). The first-order chi connectivity index (χ1) is 9.56. The third kappa shape index (κ3) is 2.53. The quantitative estimate of drug-likeness (QED) is 0.909. The van der Waals surface area contributed by atoms with Crippen LogP contribution in [0.3, 0.4) is 0 Å². The van der Waals surface area contributed by atoms with E-state index in [0.717, 1.165) is 18.5 Å². The fourth-order valence-corrected chi connectivity index (χ4v) is 2.33. The Balaban J connectivity index is 1.64. The van der Waals surface area contributed by atoms with Crippen molar-refractivity contribution in [3.05, 3.63) is 33.3 Å². The van der Waals surface area contributed by atoms with Crippen LogP contribution in [0.1, 0.15) is 40.6 Å². The molecule has 1 aliphatic rings. The fraction of sp³-hybridized carbons (Fsp3) is 0.417. The molecule has 1 saturated carbocycles. The standard InChI is InChI=1S/C12H13Cl2N5O/c1-19-11(14)10(13)9(18-19)5-15-12(20)8-4-7(16-17-8)6-2-3-6/h4,6H,2-3,5H2,1H3,(H,15,20)(H,16,17). The summed E-state index contributed by atoms with van der Waals surface area (Å²) in [6.07, 6.45) is 2.32. The monoisotopic (exact) mass is 313 g/mol. The number of amides is 1. The second-order valence-electron chi connectivity index (χ2n) is 4.84. The molecule has 0 radical (unpaired) electrons. The van der Waals surface area contributed by atoms with Gasteiger partial charge >= 0.3 is 0 Å². The van der Waals surface area contributed by atoms with Gasteiger partial charge in [0.2, 0.25) is 0 Å². The van der Waals surface area contributed by atoms with Crippen LogP contribution in [0.2, 0.25) is 10.2 Å². The zero-order chi connectivity index (χ0) is 14.3. The van der Waals surface area contributed by atoms with Gasteiger partial charge in [-0.2, -0.15) is 10.2 Å². The highest BCUT2D eigenvalue weighted by molar-refractivity contribution is 6.41. The maximum atomic E-state index is 12.0. The topological polar surface area (TPSA) is 75.6 Å². The van der Waals surface area contributed by atoms with Crippen molar-refractivity contribution < 1.29 is 4.79 Å². The summed E-state index contributed by atoms with van der Waals surface area (Å²) in [5.74, 6) is 0.277. The van der Waals surface area contributed by atoms with E-state index in [1.54, 1.807) is 13.1 Å². The normalized spacial score (nSPS) is 14.6. The molecule has 0 atom stereocenters. The number of H-pyrrole nitrogens is 1. The van der Waals surface area contributed by atoms with E-state index in [1.165, 1.54) is 4.68 Å². The highest BCUT2D eigenvalue weighted by Gasteiger charge is 2.26. The summed E-state index contributed by atoms with van der Waals surface area (Å²) in [5, 5.41) is 14.5. The van der Waals surface area contributed by atoms with E-state index in [2.05, 4.69) is 20.6 Å². The molecule has 20 heavy (non-hydrogen) atoms. The van der Waals surface area contributed by atoms with E-state index < -0.39 is 0 Å². The van der Waals surface area contributed by atoms with Crippen molar-refractivity contribution in [2.75, 3.05) is 0 Å². The number of hydrogen-bond acceptors (Lipinski definition) is 3. The lowest BCUT2D eigenvalue weighted by molar-refractivity contribution is 0.0945. The van der Waals surface area contributed by atoms with Gasteiger partial charge in [0, 0.05) is 18.7 Å². The molecule has 0 bridgehead atoms. The molecule has 1 amide bonds. The number of rotatable bonds is 4. The smallest absolute Gasteiger partial charge is 0.272 e. The minimum atomic E-state index is -0.258. The van der Waals surface area contributed by atoms with Crippen molar-refractivity contribution >= 4 is 29.1 Å². The summed E-state index contributed by atoms with van der Waals surface area (Å²) in [6, 6.07) is 1.79. The average molecular weight is 314 g/mol. The van der Waals surface area contributed by atoms with Crippen LogP contribution >= 0.6 is 23.2 Å². The molecule has 6 nitrogen and oxygen atoms in total. The average Bonchev–Trinajstić information content (AvgIpc) is 3.12. The van der Waals surface area contributed by atoms with Crippen molar-refractivity contribution in [2.45, 2.75) is 25.3 Å². The predicted molar refractivity (Wildman–Crippen MR) is 75.0 cm³/mol. The summed E-state index contributed by atoms with van der Waals surface area (Å²) in [5.41, 5.74) is 1.93. The molecule has 0 aromatic carbocycles. The highest BCUT2D eigenvalue weighted by atomic mass is 35.5. The molecule has 2 N–H and O–H groups in total. The Morgan fingerprint density at radius 2 is 2.30 bits per heavy atom. The van der Waals surface area contributed by atoms with Crippen LogP contribution in [0.4, 0.5) is 0 Å². The minimum Gasteiger partial charge on any atom is -0.345 e. The second kappa shape index (κ2) is 5.10. The zero-order valence-electron chi connectivity index (χ0n) is 10.8. The van der Waals surface area contributed by atoms with E-state index in [0.29, 0.717) is 27.5 Å². The Kier molecular flexibility index (Phi) is 3.43. The largest absolute Gasteiger partial charge is 0.345 e. The summed E-state index contributed by atoms with van der Waals surface area (Å²) >= 11 is 11.9. The van der Waals surface area contributed by atoms with Crippen LogP contribution in [-0.2, 0) is 13.6 Å². The first-order valence-electron chi connectivity index (χ1n) is 6.26. The first kappa shape index (κ1) is 13.5. The molecule has 1 fully saturated rings. The van der Waals surface area contributed by atoms with Gasteiger partial charge in [0.05, 0.1) is 6.54 Å². The third-order valence-electron chi connectivity index (χ3n) is 3.25. The number of aromatic amines is 1. The predicted octanol–water partition coefficient (Wildman–Crippen LogP) is 2.26. The molecule has 2 heterocycles. The van der Waals surface area contributed by atoms with Crippen LogP contribution < -0.4 is 5.32 Å². The molecule has 1 aliphatic carbocycles. The number of carbonyl (C=O) groups excluding carboxylic acids is 1. The second-order valence-corrected chi connectivity index (χ2v) is 5.58. The van der Waals surface area contributed by atoms with E-state index >= 15 is 0 Å². The molecule has 106 valence electrons. The Morgan fingerprint density at radius 1 is 1.55 bits per heavy atom. The molecular weight excluding hydrogens is 301 g/mol. The molecule has 2 aromatic heterocycles. The third-order valence-corrected chi connectivity index (χ3v) is 4.18. The minimum absolute atomic E-state index is 0.212. The van der Waals surface area contributed by atoms with Crippen molar-refractivity contribution in [2.24, 2.45) is 7.05 Å². The maximum absolute atomic E-state index is 12.0. The van der Waals surface area contributed by atoms with Gasteiger partial charge in [-0.25, -0.2) is 0 Å². The lowest BCUT2D eigenvalue weighted by Crippen LogP contribution is -2.23. The summed E-state index contributed by atoms with van der Waals surface area (Å²) in [4.78, 5) is 12.0. The van der Waals surface area contributed by atoms with Crippen LogP contribution in [0.5, 0.6) is 0 Å².